The minimum Gasteiger partial charge on any atom is -0.462 e. The summed E-state index contributed by atoms with van der Waals surface area (Å²) in [7, 11) is -9.89. The third-order valence-corrected chi connectivity index (χ3v) is 17.7. The van der Waals surface area contributed by atoms with Gasteiger partial charge in [-0.05, 0) is 31.6 Å². The Kier molecular flexibility index (Phi) is 60.2. The number of carbonyl (C=O) groups excluding carboxylic acids is 4. The summed E-state index contributed by atoms with van der Waals surface area (Å²) in [6, 6.07) is 0. The van der Waals surface area contributed by atoms with E-state index in [9.17, 15) is 43.2 Å². The Balaban J connectivity index is 5.18. The molecule has 0 heterocycles. The largest absolute Gasteiger partial charge is 0.472 e. The van der Waals surface area contributed by atoms with Crippen molar-refractivity contribution in [3.63, 3.8) is 0 Å². The van der Waals surface area contributed by atoms with E-state index in [0.29, 0.717) is 25.7 Å². The highest BCUT2D eigenvalue weighted by atomic mass is 31.2. The van der Waals surface area contributed by atoms with Gasteiger partial charge < -0.3 is 33.8 Å². The van der Waals surface area contributed by atoms with Crippen molar-refractivity contribution in [3.8, 4) is 0 Å². The maximum Gasteiger partial charge on any atom is 0.472 e. The molecule has 0 rings (SSSR count). The minimum atomic E-state index is -4.95. The zero-order valence-electron chi connectivity index (χ0n) is 56.2. The monoisotopic (exact) mass is 1280 g/mol. The molecule has 2 unspecified atom stereocenters. The van der Waals surface area contributed by atoms with Crippen molar-refractivity contribution in [2.75, 3.05) is 39.6 Å². The van der Waals surface area contributed by atoms with Crippen LogP contribution in [0, 0.1) is 5.92 Å². The summed E-state index contributed by atoms with van der Waals surface area (Å²) in [4.78, 5) is 72.3. The molecule has 0 aliphatic rings. The molecule has 0 amide bonds. The molecule has 3 N–H and O–H groups in total. The molecule has 0 saturated heterocycles. The van der Waals surface area contributed by atoms with Crippen molar-refractivity contribution >= 4 is 39.5 Å². The second-order valence-corrected chi connectivity index (χ2v) is 27.9. The van der Waals surface area contributed by atoms with Crippen LogP contribution < -0.4 is 0 Å². The summed E-state index contributed by atoms with van der Waals surface area (Å²) in [5, 5.41) is 10.6. The number of hydrogen-bond acceptors (Lipinski definition) is 15. The SMILES string of the molecule is CCCCCCCCCCCCCC(=O)OC[C@H](COP(=O)(O)OC[C@@H](O)COP(=O)(O)OC[C@@H](COC(=O)CCCCCCCCCC)OC(=O)CCCCCCCCCCCC)OC(=O)CCCCCCCCCCCCCCCCCC(C)C. The minimum absolute atomic E-state index is 0.106. The maximum atomic E-state index is 13.0. The van der Waals surface area contributed by atoms with Crippen molar-refractivity contribution in [1.82, 2.24) is 0 Å². The van der Waals surface area contributed by atoms with Crippen molar-refractivity contribution in [1.29, 1.82) is 0 Å². The molecule has 0 spiro atoms. The third kappa shape index (κ3) is 62.6. The second-order valence-electron chi connectivity index (χ2n) is 25.0. The van der Waals surface area contributed by atoms with Crippen molar-refractivity contribution in [2.24, 2.45) is 5.92 Å². The van der Waals surface area contributed by atoms with E-state index >= 15 is 0 Å². The smallest absolute Gasteiger partial charge is 0.462 e. The van der Waals surface area contributed by atoms with Crippen LogP contribution in [0.1, 0.15) is 349 Å². The number of aliphatic hydroxyl groups excluding tert-OH is 1. The van der Waals surface area contributed by atoms with Crippen LogP contribution in [0.3, 0.4) is 0 Å². The van der Waals surface area contributed by atoms with Crippen LogP contribution in [0.4, 0.5) is 0 Å². The van der Waals surface area contributed by atoms with Gasteiger partial charge in [-0.15, -0.1) is 0 Å². The number of unbranched alkanes of at least 4 members (excludes halogenated alkanes) is 40. The van der Waals surface area contributed by atoms with Gasteiger partial charge in [-0.1, -0.05) is 298 Å². The van der Waals surface area contributed by atoms with Gasteiger partial charge in [-0.3, -0.25) is 37.3 Å². The molecule has 17 nitrogen and oxygen atoms in total. The quantitative estimate of drug-likeness (QED) is 0.0222. The molecule has 87 heavy (non-hydrogen) atoms. The topological polar surface area (TPSA) is 237 Å². The molecule has 0 aliphatic heterocycles. The molecule has 516 valence electrons. The number of hydrogen-bond donors (Lipinski definition) is 3. The van der Waals surface area contributed by atoms with E-state index in [4.69, 9.17) is 37.0 Å². The van der Waals surface area contributed by atoms with E-state index in [1.54, 1.807) is 0 Å². The molecule has 0 aromatic heterocycles. The first-order valence-electron chi connectivity index (χ1n) is 35.6. The Morgan fingerprint density at radius 2 is 0.529 bits per heavy atom. The summed E-state index contributed by atoms with van der Waals surface area (Å²) in [6.07, 6.45) is 47.2. The van der Waals surface area contributed by atoms with Crippen LogP contribution in [-0.2, 0) is 65.4 Å². The van der Waals surface area contributed by atoms with Gasteiger partial charge in [-0.2, -0.15) is 0 Å². The molecular formula is C68H132O17P2. The van der Waals surface area contributed by atoms with E-state index in [2.05, 4.69) is 34.6 Å². The van der Waals surface area contributed by atoms with Gasteiger partial charge in [-0.25, -0.2) is 9.13 Å². The van der Waals surface area contributed by atoms with Gasteiger partial charge in [0.1, 0.15) is 19.3 Å². The normalized spacial score (nSPS) is 14.1. The average molecular weight is 1280 g/mol. The van der Waals surface area contributed by atoms with Gasteiger partial charge in [0, 0.05) is 25.7 Å². The number of esters is 4. The molecule has 5 atom stereocenters. The van der Waals surface area contributed by atoms with E-state index < -0.39 is 97.5 Å². The second kappa shape index (κ2) is 61.6. The number of aliphatic hydroxyl groups is 1. The molecule has 0 aromatic rings. The lowest BCUT2D eigenvalue weighted by Crippen LogP contribution is -2.30. The summed E-state index contributed by atoms with van der Waals surface area (Å²) in [5.74, 6) is -1.32. The predicted molar refractivity (Wildman–Crippen MR) is 349 cm³/mol. The third-order valence-electron chi connectivity index (χ3n) is 15.8. The van der Waals surface area contributed by atoms with Crippen LogP contribution >= 0.6 is 15.6 Å². The fraction of sp³-hybridized carbons (Fsp3) is 0.941. The number of ether oxygens (including phenoxy) is 4. The van der Waals surface area contributed by atoms with E-state index in [1.165, 1.54) is 167 Å². The van der Waals surface area contributed by atoms with Crippen LogP contribution in [0.5, 0.6) is 0 Å². The molecule has 19 heteroatoms. The highest BCUT2D eigenvalue weighted by Crippen LogP contribution is 2.45. The lowest BCUT2D eigenvalue weighted by Gasteiger charge is -2.21. The summed E-state index contributed by atoms with van der Waals surface area (Å²) in [6.45, 7) is 7.22. The lowest BCUT2D eigenvalue weighted by molar-refractivity contribution is -0.161. The van der Waals surface area contributed by atoms with Crippen molar-refractivity contribution in [2.45, 2.75) is 368 Å². The van der Waals surface area contributed by atoms with Gasteiger partial charge in [0.25, 0.3) is 0 Å². The highest BCUT2D eigenvalue weighted by Gasteiger charge is 2.30. The number of carbonyl (C=O) groups is 4. The average Bonchev–Trinajstić information content (AvgIpc) is 3.60. The Labute approximate surface area is 530 Å². The zero-order chi connectivity index (χ0) is 64.2. The van der Waals surface area contributed by atoms with E-state index in [-0.39, 0.29) is 25.7 Å². The maximum absolute atomic E-state index is 13.0. The molecular weight excluding hydrogens is 1150 g/mol. The Morgan fingerprint density at radius 3 is 0.782 bits per heavy atom. The fourth-order valence-corrected chi connectivity index (χ4v) is 11.9. The fourth-order valence-electron chi connectivity index (χ4n) is 10.3. The molecule has 0 radical (unpaired) electrons. The van der Waals surface area contributed by atoms with Gasteiger partial charge >= 0.3 is 39.5 Å². The van der Waals surface area contributed by atoms with Crippen molar-refractivity contribution < 1.29 is 80.2 Å². The van der Waals surface area contributed by atoms with Crippen LogP contribution in [0.2, 0.25) is 0 Å². The van der Waals surface area contributed by atoms with Crippen LogP contribution in [0.25, 0.3) is 0 Å². The Morgan fingerprint density at radius 1 is 0.310 bits per heavy atom. The first kappa shape index (κ1) is 85.1. The summed E-state index contributed by atoms with van der Waals surface area (Å²) >= 11 is 0. The molecule has 0 saturated carbocycles. The summed E-state index contributed by atoms with van der Waals surface area (Å²) < 4.78 is 68.1. The highest BCUT2D eigenvalue weighted by molar-refractivity contribution is 7.47. The van der Waals surface area contributed by atoms with E-state index in [0.717, 1.165) is 102 Å². The van der Waals surface area contributed by atoms with Gasteiger partial charge in [0.05, 0.1) is 26.4 Å². The Bertz CT molecular complexity index is 1690. The first-order valence-corrected chi connectivity index (χ1v) is 38.6. The number of phosphoric ester groups is 2. The van der Waals surface area contributed by atoms with Gasteiger partial charge in [0.15, 0.2) is 12.2 Å². The van der Waals surface area contributed by atoms with Gasteiger partial charge in [0.2, 0.25) is 0 Å². The molecule has 0 aliphatic carbocycles. The van der Waals surface area contributed by atoms with Crippen LogP contribution in [-0.4, -0.2) is 96.7 Å². The Hall–Kier alpha value is -1.94. The number of rotatable bonds is 68. The van der Waals surface area contributed by atoms with Crippen molar-refractivity contribution in [3.05, 3.63) is 0 Å². The predicted octanol–water partition coefficient (Wildman–Crippen LogP) is 19.4. The van der Waals surface area contributed by atoms with E-state index in [1.807, 2.05) is 0 Å². The van der Waals surface area contributed by atoms with Crippen LogP contribution in [0.15, 0.2) is 0 Å². The standard InChI is InChI=1S/C68H132O17P2/c1-6-9-12-15-18-21-28-33-37-42-47-52-66(71)79-58-64(85-68(73)54-49-44-39-34-30-27-25-23-24-26-29-31-35-40-45-50-61(4)5)60-83-87(76,77)81-56-62(69)55-80-86(74,75)82-59-63(57-78-65(70)51-46-41-36-20-17-14-11-8-3)84-67(72)53-48-43-38-32-22-19-16-13-10-7-2/h61-64,69H,6-60H2,1-5H3,(H,74,75)(H,76,77)/t62-,63+,64+/m0/s1. The lowest BCUT2D eigenvalue weighted by atomic mass is 10.0. The molecule has 0 bridgehead atoms. The number of phosphoric acid groups is 2. The summed E-state index contributed by atoms with van der Waals surface area (Å²) in [5.41, 5.74) is 0. The molecule has 0 aromatic carbocycles. The zero-order valence-corrected chi connectivity index (χ0v) is 57.9. The molecule has 0 fully saturated rings. The first-order chi connectivity index (χ1) is 42.0.